The zero-order valence-electron chi connectivity index (χ0n) is 27.2. The van der Waals surface area contributed by atoms with E-state index in [-0.39, 0.29) is 81.9 Å². The highest BCUT2D eigenvalue weighted by atomic mass is 19.1. The van der Waals surface area contributed by atoms with Gasteiger partial charge >= 0.3 is 5.97 Å². The number of halogens is 1. The molecule has 2 aromatic carbocycles. The van der Waals surface area contributed by atoms with E-state index in [1.165, 1.54) is 11.0 Å². The summed E-state index contributed by atoms with van der Waals surface area (Å²) in [6.07, 6.45) is 3.55. The molecule has 0 saturated carbocycles. The van der Waals surface area contributed by atoms with E-state index in [0.29, 0.717) is 33.9 Å². The Kier molecular flexibility index (Phi) is 10.8. The normalized spacial score (nSPS) is 20.9. The minimum absolute atomic E-state index is 0.0185. The van der Waals surface area contributed by atoms with E-state index in [9.17, 15) is 33.8 Å². The van der Waals surface area contributed by atoms with Gasteiger partial charge < -0.3 is 24.6 Å². The van der Waals surface area contributed by atoms with Crippen molar-refractivity contribution in [3.8, 4) is 11.5 Å². The van der Waals surface area contributed by atoms with Gasteiger partial charge in [0.05, 0.1) is 19.1 Å². The highest BCUT2D eigenvalue weighted by Crippen LogP contribution is 2.45. The summed E-state index contributed by atoms with van der Waals surface area (Å²) < 4.78 is 25.4. The standard InChI is InChI=1S/C35H44FN3O8/c1-4-6-24(7-5-2)39(25-8-9-27(36)21(3)14-25)32(43)18-37-17-26(22-15-23(19-40)34-29(16-22)46-20-47-34)33(35(44)45)28(37)12-13-38-30(41)10-11-31(38)42/h8-9,14-16,24,26,28,33,40H,4-7,10-13,17-20H2,1-3H3,(H,44,45)/t26-,28+,33-/m1/s1. The number of benzene rings is 2. The van der Waals surface area contributed by atoms with Gasteiger partial charge in [-0.15, -0.1) is 0 Å². The Bertz CT molecular complexity index is 1490. The quantitative estimate of drug-likeness (QED) is 0.285. The van der Waals surface area contributed by atoms with Gasteiger partial charge in [-0.25, -0.2) is 4.39 Å². The van der Waals surface area contributed by atoms with Crippen LogP contribution in [0.3, 0.4) is 0 Å². The number of carbonyl (C=O) groups is 4. The minimum atomic E-state index is -1.07. The number of anilines is 1. The van der Waals surface area contributed by atoms with Crippen molar-refractivity contribution in [1.82, 2.24) is 9.80 Å². The van der Waals surface area contributed by atoms with Crippen LogP contribution in [0.2, 0.25) is 0 Å². The number of hydrogen-bond acceptors (Lipinski definition) is 8. The SMILES string of the molecule is CCCC(CCC)N(C(=O)CN1C[C@H](c2cc(CO)c3c(c2)OCO3)[C@@H](C(=O)O)[C@@H]1CCN1C(=O)CCC1=O)c1ccc(F)c(C)c1. The molecular formula is C35H44FN3O8. The number of likely N-dealkylation sites (tertiary alicyclic amines) is 2. The third kappa shape index (κ3) is 7.13. The molecule has 3 aliphatic heterocycles. The van der Waals surface area contributed by atoms with Gasteiger partial charge in [0.1, 0.15) is 5.82 Å². The first-order chi connectivity index (χ1) is 22.6. The Morgan fingerprint density at radius 1 is 1.06 bits per heavy atom. The molecule has 0 aliphatic carbocycles. The number of carboxylic acids is 1. The lowest BCUT2D eigenvalue weighted by Crippen LogP contribution is -2.48. The van der Waals surface area contributed by atoms with Gasteiger partial charge in [0.15, 0.2) is 11.5 Å². The topological polar surface area (TPSA) is 137 Å². The van der Waals surface area contributed by atoms with Crippen molar-refractivity contribution >= 4 is 29.4 Å². The van der Waals surface area contributed by atoms with E-state index in [0.717, 1.165) is 25.7 Å². The summed E-state index contributed by atoms with van der Waals surface area (Å²) in [6.45, 7) is 5.52. The largest absolute Gasteiger partial charge is 0.481 e. The van der Waals surface area contributed by atoms with Crippen molar-refractivity contribution in [2.75, 3.05) is 31.3 Å². The van der Waals surface area contributed by atoms with Gasteiger partial charge in [0.2, 0.25) is 24.5 Å². The molecule has 3 aliphatic rings. The molecule has 2 saturated heterocycles. The average molecular weight is 654 g/mol. The Balaban J connectivity index is 1.52. The van der Waals surface area contributed by atoms with E-state index in [1.807, 2.05) is 18.7 Å². The summed E-state index contributed by atoms with van der Waals surface area (Å²) in [4.78, 5) is 57.1. The fourth-order valence-electron chi connectivity index (χ4n) is 7.42. The molecule has 2 fully saturated rings. The predicted molar refractivity (Wildman–Crippen MR) is 171 cm³/mol. The van der Waals surface area contributed by atoms with Crippen LogP contribution in [0.4, 0.5) is 10.1 Å². The van der Waals surface area contributed by atoms with Crippen LogP contribution in [0.5, 0.6) is 11.5 Å². The third-order valence-electron chi connectivity index (χ3n) is 9.64. The van der Waals surface area contributed by atoms with Gasteiger partial charge in [0.25, 0.3) is 0 Å². The van der Waals surface area contributed by atoms with Gasteiger partial charge in [-0.05, 0) is 67.6 Å². The summed E-state index contributed by atoms with van der Waals surface area (Å²) in [7, 11) is 0. The summed E-state index contributed by atoms with van der Waals surface area (Å²) in [6, 6.07) is 7.24. The first-order valence-electron chi connectivity index (χ1n) is 16.5. The lowest BCUT2D eigenvalue weighted by molar-refractivity contribution is -0.143. The van der Waals surface area contributed by atoms with Crippen LogP contribution in [0, 0.1) is 18.7 Å². The van der Waals surface area contributed by atoms with Crippen molar-refractivity contribution in [3.05, 3.63) is 52.8 Å². The number of fused-ring (bicyclic) bond motifs is 1. The second-order valence-corrected chi connectivity index (χ2v) is 12.7. The van der Waals surface area contributed by atoms with Crippen LogP contribution < -0.4 is 14.4 Å². The van der Waals surface area contributed by atoms with Crippen LogP contribution in [-0.4, -0.2) is 82.2 Å². The number of ether oxygens (including phenoxy) is 2. The maximum absolute atomic E-state index is 14.4. The molecule has 254 valence electrons. The van der Waals surface area contributed by atoms with Crippen LogP contribution in [0.15, 0.2) is 30.3 Å². The average Bonchev–Trinajstić information content (AvgIpc) is 3.74. The van der Waals surface area contributed by atoms with E-state index in [2.05, 4.69) is 0 Å². The molecule has 12 heteroatoms. The molecule has 3 atom stereocenters. The fourth-order valence-corrected chi connectivity index (χ4v) is 7.42. The van der Waals surface area contributed by atoms with Gasteiger partial charge in [0, 0.05) is 55.2 Å². The summed E-state index contributed by atoms with van der Waals surface area (Å²) >= 11 is 0. The zero-order valence-corrected chi connectivity index (χ0v) is 27.2. The molecule has 0 radical (unpaired) electrons. The van der Waals surface area contributed by atoms with E-state index >= 15 is 0 Å². The molecule has 0 aromatic heterocycles. The molecule has 0 spiro atoms. The maximum atomic E-state index is 14.4. The molecule has 3 heterocycles. The van der Waals surface area contributed by atoms with Crippen LogP contribution in [0.1, 0.15) is 81.4 Å². The molecule has 5 rings (SSSR count). The summed E-state index contributed by atoms with van der Waals surface area (Å²) in [5.41, 5.74) is 2.09. The third-order valence-corrected chi connectivity index (χ3v) is 9.64. The second-order valence-electron chi connectivity index (χ2n) is 12.7. The van der Waals surface area contributed by atoms with Crippen LogP contribution in [0.25, 0.3) is 0 Å². The molecule has 2 aromatic rings. The van der Waals surface area contributed by atoms with Crippen molar-refractivity contribution in [3.63, 3.8) is 0 Å². The second kappa shape index (κ2) is 14.8. The molecule has 0 unspecified atom stereocenters. The van der Waals surface area contributed by atoms with Crippen LogP contribution >= 0.6 is 0 Å². The van der Waals surface area contributed by atoms with Crippen LogP contribution in [-0.2, 0) is 25.8 Å². The maximum Gasteiger partial charge on any atom is 0.308 e. The molecule has 2 N–H and O–H groups in total. The monoisotopic (exact) mass is 653 g/mol. The van der Waals surface area contributed by atoms with E-state index in [4.69, 9.17) is 9.47 Å². The summed E-state index contributed by atoms with van der Waals surface area (Å²) in [5, 5.41) is 20.7. The van der Waals surface area contributed by atoms with E-state index < -0.39 is 23.8 Å². The first-order valence-corrected chi connectivity index (χ1v) is 16.5. The Labute approximate surface area is 274 Å². The number of nitrogens with zero attached hydrogens (tertiary/aromatic N) is 3. The number of hydrogen-bond donors (Lipinski definition) is 2. The molecule has 47 heavy (non-hydrogen) atoms. The molecule has 3 amide bonds. The highest BCUT2D eigenvalue weighted by molar-refractivity contribution is 6.02. The number of aliphatic carboxylic acids is 1. The number of carboxylic acid groups (broad SMARTS) is 1. The molecule has 0 bridgehead atoms. The van der Waals surface area contributed by atoms with Crippen molar-refractivity contribution in [2.45, 2.75) is 90.3 Å². The smallest absolute Gasteiger partial charge is 0.308 e. The number of aliphatic hydroxyl groups excluding tert-OH is 1. The predicted octanol–water partition coefficient (Wildman–Crippen LogP) is 4.36. The Morgan fingerprint density at radius 2 is 1.77 bits per heavy atom. The number of rotatable bonds is 14. The zero-order chi connectivity index (χ0) is 33.8. The first kappa shape index (κ1) is 34.3. The van der Waals surface area contributed by atoms with Crippen molar-refractivity contribution in [1.29, 1.82) is 0 Å². The lowest BCUT2D eigenvalue weighted by atomic mass is 9.83. The minimum Gasteiger partial charge on any atom is -0.481 e. The highest BCUT2D eigenvalue weighted by Gasteiger charge is 2.48. The fraction of sp³-hybridized carbons (Fsp3) is 0.543. The number of imide groups is 1. The Hall–Kier alpha value is -4.03. The van der Waals surface area contributed by atoms with Gasteiger partial charge in [-0.3, -0.25) is 29.0 Å². The number of aliphatic hydroxyl groups is 1. The van der Waals surface area contributed by atoms with E-state index in [1.54, 1.807) is 36.1 Å². The van der Waals surface area contributed by atoms with Gasteiger partial charge in [-0.1, -0.05) is 26.7 Å². The Morgan fingerprint density at radius 3 is 2.38 bits per heavy atom. The molecule has 11 nitrogen and oxygen atoms in total. The number of amides is 3. The summed E-state index contributed by atoms with van der Waals surface area (Å²) in [5.74, 6) is -3.03. The molecular weight excluding hydrogens is 609 g/mol. The van der Waals surface area contributed by atoms with Gasteiger partial charge in [-0.2, -0.15) is 0 Å². The lowest BCUT2D eigenvalue weighted by Gasteiger charge is -2.35. The number of aryl methyl sites for hydroxylation is 1. The van der Waals surface area contributed by atoms with Crippen molar-refractivity contribution < 1.29 is 43.3 Å². The van der Waals surface area contributed by atoms with Crippen molar-refractivity contribution in [2.24, 2.45) is 5.92 Å². The number of carbonyl (C=O) groups excluding carboxylic acids is 3.